The molecule has 3 aromatic heterocycles. The maximum Gasteiger partial charge on any atom is 0.358 e. The van der Waals surface area contributed by atoms with E-state index in [0.717, 1.165) is 28.8 Å². The number of carbonyl (C=O) groups is 1. The third kappa shape index (κ3) is 4.87. The Bertz CT molecular complexity index is 1850. The molecule has 5 aromatic rings. The minimum Gasteiger partial charge on any atom is -0.476 e. The van der Waals surface area contributed by atoms with Crippen molar-refractivity contribution in [3.05, 3.63) is 105 Å². The Balaban J connectivity index is 1.33. The topological polar surface area (TPSA) is 139 Å². The molecule has 42 heavy (non-hydrogen) atoms. The Morgan fingerprint density at radius 3 is 2.57 bits per heavy atom. The average Bonchev–Trinajstić information content (AvgIpc) is 3.70. The molecule has 10 heteroatoms. The first-order valence-corrected chi connectivity index (χ1v) is 14.2. The van der Waals surface area contributed by atoms with Crippen LogP contribution in [0, 0.1) is 11.3 Å². The summed E-state index contributed by atoms with van der Waals surface area (Å²) in [4.78, 5) is 34.2. The summed E-state index contributed by atoms with van der Waals surface area (Å²) in [5.41, 5.74) is 4.90. The van der Waals surface area contributed by atoms with Crippen LogP contribution in [0.15, 0.2) is 70.5 Å². The molecule has 3 heterocycles. The molecule has 1 aliphatic rings. The zero-order valence-electron chi connectivity index (χ0n) is 23.2. The van der Waals surface area contributed by atoms with Crippen molar-refractivity contribution in [3.63, 3.8) is 0 Å². The molecule has 6 rings (SSSR count). The molecule has 1 N–H and O–H groups in total. The van der Waals surface area contributed by atoms with Crippen LogP contribution in [-0.4, -0.2) is 35.2 Å². The molecule has 0 aliphatic heterocycles. The fourth-order valence-corrected chi connectivity index (χ4v) is 6.22. The van der Waals surface area contributed by atoms with E-state index < -0.39 is 5.97 Å². The molecule has 10 nitrogen and oxygen atoms in total. The van der Waals surface area contributed by atoms with Crippen LogP contribution in [0.4, 0.5) is 0 Å². The number of carboxylic acids is 1. The highest BCUT2D eigenvalue weighted by Gasteiger charge is 2.32. The lowest BCUT2D eigenvalue weighted by Gasteiger charge is -2.29. The third-order valence-corrected chi connectivity index (χ3v) is 8.24. The summed E-state index contributed by atoms with van der Waals surface area (Å²) >= 11 is 0. The molecule has 0 atom stereocenters. The van der Waals surface area contributed by atoms with Gasteiger partial charge in [0.25, 0.3) is 5.56 Å². The second-order valence-electron chi connectivity index (χ2n) is 10.7. The molecule has 1 aliphatic carbocycles. The van der Waals surface area contributed by atoms with Gasteiger partial charge in [-0.15, -0.1) is 0 Å². The molecule has 0 radical (unpaired) electrons. The molecule has 0 saturated heterocycles. The average molecular weight is 563 g/mol. The number of hydrogen-bond acceptors (Lipinski definition) is 7. The Labute approximate surface area is 241 Å². The van der Waals surface area contributed by atoms with E-state index in [1.165, 1.54) is 12.7 Å². The number of hydrogen-bond donors (Lipinski definition) is 1. The van der Waals surface area contributed by atoms with E-state index in [-0.39, 0.29) is 23.2 Å². The van der Waals surface area contributed by atoms with Gasteiger partial charge in [0.15, 0.2) is 12.1 Å². The number of rotatable bonds is 8. The number of nitriles is 1. The second kappa shape index (κ2) is 11.4. The van der Waals surface area contributed by atoms with E-state index in [0.29, 0.717) is 61.2 Å². The summed E-state index contributed by atoms with van der Waals surface area (Å²) in [6.07, 6.45) is 7.35. The van der Waals surface area contributed by atoms with Crippen molar-refractivity contribution in [1.82, 2.24) is 24.1 Å². The summed E-state index contributed by atoms with van der Waals surface area (Å²) in [5.74, 6) is -0.227. The molecule has 1 saturated carbocycles. The molecule has 0 amide bonds. The zero-order valence-corrected chi connectivity index (χ0v) is 23.2. The smallest absolute Gasteiger partial charge is 0.358 e. The number of benzene rings is 2. The largest absolute Gasteiger partial charge is 0.476 e. The van der Waals surface area contributed by atoms with Gasteiger partial charge in [-0.3, -0.25) is 9.36 Å². The summed E-state index contributed by atoms with van der Waals surface area (Å²) < 4.78 is 9.06. The first-order valence-electron chi connectivity index (χ1n) is 14.2. The van der Waals surface area contributed by atoms with E-state index in [2.05, 4.69) is 28.1 Å². The van der Waals surface area contributed by atoms with Gasteiger partial charge in [0.1, 0.15) is 12.1 Å². The van der Waals surface area contributed by atoms with Crippen LogP contribution >= 0.6 is 0 Å². The van der Waals surface area contributed by atoms with Crippen LogP contribution in [0.25, 0.3) is 16.9 Å². The fraction of sp³-hybridized carbons (Fsp3) is 0.312. The van der Waals surface area contributed by atoms with Gasteiger partial charge in [-0.2, -0.15) is 15.3 Å². The van der Waals surface area contributed by atoms with E-state index in [9.17, 15) is 20.0 Å². The first kappa shape index (κ1) is 27.1. The summed E-state index contributed by atoms with van der Waals surface area (Å²) in [6, 6.07) is 17.7. The number of aryl methyl sites for hydroxylation is 1. The predicted octanol–water partition coefficient (Wildman–Crippen LogP) is 5.56. The maximum atomic E-state index is 14.2. The fourth-order valence-electron chi connectivity index (χ4n) is 6.22. The maximum absolute atomic E-state index is 14.2. The van der Waals surface area contributed by atoms with Crippen molar-refractivity contribution < 1.29 is 14.3 Å². The van der Waals surface area contributed by atoms with Crippen molar-refractivity contribution in [3.8, 4) is 17.2 Å². The van der Waals surface area contributed by atoms with Gasteiger partial charge in [0.05, 0.1) is 17.3 Å². The SMILES string of the molecule is CCCc1c(Cc2ccc(-c3ccccc3C#N)cc2)c(=O)n(C2CCC(c3ocnc3C(=O)O)CC2)c2ncnn12. The Morgan fingerprint density at radius 2 is 1.86 bits per heavy atom. The lowest BCUT2D eigenvalue weighted by atomic mass is 9.83. The molecular formula is C32H30N6O4. The van der Waals surface area contributed by atoms with Gasteiger partial charge in [-0.25, -0.2) is 14.3 Å². The van der Waals surface area contributed by atoms with Gasteiger partial charge in [-0.1, -0.05) is 55.8 Å². The molecule has 0 unspecified atom stereocenters. The van der Waals surface area contributed by atoms with Crippen molar-refractivity contribution in [2.75, 3.05) is 0 Å². The highest BCUT2D eigenvalue weighted by Crippen LogP contribution is 2.39. The number of oxazole rings is 1. The summed E-state index contributed by atoms with van der Waals surface area (Å²) in [7, 11) is 0. The highest BCUT2D eigenvalue weighted by molar-refractivity contribution is 5.86. The lowest BCUT2D eigenvalue weighted by Crippen LogP contribution is -2.34. The van der Waals surface area contributed by atoms with Crippen LogP contribution in [0.1, 0.15) is 89.6 Å². The number of aromatic nitrogens is 5. The van der Waals surface area contributed by atoms with Gasteiger partial charge in [0, 0.05) is 23.9 Å². The van der Waals surface area contributed by atoms with Crippen LogP contribution in [0.5, 0.6) is 0 Å². The molecule has 1 fully saturated rings. The molecular weight excluding hydrogens is 532 g/mol. The first-order chi connectivity index (χ1) is 20.5. The second-order valence-corrected chi connectivity index (χ2v) is 10.7. The standard InChI is InChI=1S/C32H30N6O4/c1-2-5-27-26(16-20-8-10-21(11-9-20)25-7-4-3-6-23(25)17-33)30(39)37(32-34-18-36-38(27)32)24-14-12-22(13-15-24)29-28(31(40)41)35-19-42-29/h3-4,6-11,18-19,22,24H,2,5,12-16H2,1H3,(H,40,41). The highest BCUT2D eigenvalue weighted by atomic mass is 16.4. The van der Waals surface area contributed by atoms with Gasteiger partial charge in [-0.05, 0) is 54.9 Å². The monoisotopic (exact) mass is 562 g/mol. The number of carboxylic acid groups (broad SMARTS) is 1. The summed E-state index contributed by atoms with van der Waals surface area (Å²) in [6.45, 7) is 2.08. The number of aromatic carboxylic acids is 1. The van der Waals surface area contributed by atoms with Crippen LogP contribution < -0.4 is 5.56 Å². The van der Waals surface area contributed by atoms with Crippen LogP contribution in [0.3, 0.4) is 0 Å². The number of nitrogens with zero attached hydrogens (tertiary/aromatic N) is 6. The van der Waals surface area contributed by atoms with Crippen molar-refractivity contribution in [2.24, 2.45) is 0 Å². The minimum absolute atomic E-state index is 0.0381. The van der Waals surface area contributed by atoms with Gasteiger partial charge in [0.2, 0.25) is 5.78 Å². The zero-order chi connectivity index (χ0) is 29.2. The van der Waals surface area contributed by atoms with Gasteiger partial charge < -0.3 is 9.52 Å². The Kier molecular flexibility index (Phi) is 7.40. The number of fused-ring (bicyclic) bond motifs is 1. The van der Waals surface area contributed by atoms with Crippen LogP contribution in [0.2, 0.25) is 0 Å². The summed E-state index contributed by atoms with van der Waals surface area (Å²) in [5, 5.41) is 23.5. The van der Waals surface area contributed by atoms with E-state index in [1.807, 2.05) is 47.0 Å². The van der Waals surface area contributed by atoms with Crippen molar-refractivity contribution in [2.45, 2.75) is 63.8 Å². The third-order valence-electron chi connectivity index (χ3n) is 8.24. The Morgan fingerprint density at radius 1 is 1.10 bits per heavy atom. The normalized spacial score (nSPS) is 16.9. The molecule has 0 bridgehead atoms. The molecule has 212 valence electrons. The predicted molar refractivity (Wildman–Crippen MR) is 154 cm³/mol. The quantitative estimate of drug-likeness (QED) is 0.259. The molecule has 2 aromatic carbocycles. The molecule has 0 spiro atoms. The van der Waals surface area contributed by atoms with E-state index in [1.54, 1.807) is 10.6 Å². The van der Waals surface area contributed by atoms with E-state index >= 15 is 0 Å². The Hall–Kier alpha value is -5.04. The van der Waals surface area contributed by atoms with Crippen molar-refractivity contribution >= 4 is 11.7 Å². The van der Waals surface area contributed by atoms with Crippen molar-refractivity contribution in [1.29, 1.82) is 5.26 Å². The van der Waals surface area contributed by atoms with Gasteiger partial charge >= 0.3 is 5.97 Å². The van der Waals surface area contributed by atoms with E-state index in [4.69, 9.17) is 4.42 Å². The lowest BCUT2D eigenvalue weighted by molar-refractivity contribution is 0.0687. The minimum atomic E-state index is -1.10. The van der Waals surface area contributed by atoms with Crippen LogP contribution in [-0.2, 0) is 12.8 Å².